The third-order valence-corrected chi connectivity index (χ3v) is 1.38. The average molecular weight is 138 g/mol. The molecule has 10 heavy (non-hydrogen) atoms. The summed E-state index contributed by atoms with van der Waals surface area (Å²) in [6.07, 6.45) is 2.69. The van der Waals surface area contributed by atoms with Crippen molar-refractivity contribution in [3.05, 3.63) is 18.4 Å². The first-order valence-electron chi connectivity index (χ1n) is 3.06. The molecule has 0 unspecified atom stereocenters. The summed E-state index contributed by atoms with van der Waals surface area (Å²) in [4.78, 5) is 16.4. The summed E-state index contributed by atoms with van der Waals surface area (Å²) >= 11 is 0. The van der Waals surface area contributed by atoms with Gasteiger partial charge in [-0.1, -0.05) is 0 Å². The summed E-state index contributed by atoms with van der Waals surface area (Å²) in [6, 6.07) is 0. The highest BCUT2D eigenvalue weighted by Crippen LogP contribution is 2.10. The lowest BCUT2D eigenvalue weighted by Gasteiger charge is -1.92. The van der Waals surface area contributed by atoms with E-state index in [0.717, 1.165) is 13.1 Å². The molecular weight excluding hydrogens is 132 g/mol. The molecule has 0 spiro atoms. The number of aromatic nitrogens is 1. The number of hydrogen-bond donors (Lipinski definition) is 0. The van der Waals surface area contributed by atoms with Crippen LogP contribution in [0, 0.1) is 0 Å². The fourth-order valence-electron chi connectivity index (χ4n) is 0.730. The van der Waals surface area contributed by atoms with Crippen LogP contribution in [0.1, 0.15) is 10.6 Å². The predicted octanol–water partition coefficient (Wildman–Crippen LogP) is 0.130. The van der Waals surface area contributed by atoms with Gasteiger partial charge in [0.05, 0.1) is 6.20 Å². The van der Waals surface area contributed by atoms with Crippen molar-refractivity contribution < 1.29 is 9.21 Å². The van der Waals surface area contributed by atoms with Crippen molar-refractivity contribution in [1.29, 1.82) is 0 Å². The zero-order valence-corrected chi connectivity index (χ0v) is 5.28. The standard InChI is InChI=1S/C6H6N2O2/c9-6(8-1-2-8)5-3-7-4-10-5/h3-4H,1-2H2. The highest BCUT2D eigenvalue weighted by molar-refractivity contribution is 5.92. The largest absolute Gasteiger partial charge is 0.438 e. The van der Waals surface area contributed by atoms with Crippen molar-refractivity contribution in [1.82, 2.24) is 9.88 Å². The number of hydrogen-bond acceptors (Lipinski definition) is 3. The summed E-state index contributed by atoms with van der Waals surface area (Å²) in [5, 5.41) is 0. The second-order valence-electron chi connectivity index (χ2n) is 2.16. The Morgan fingerprint density at radius 3 is 3.00 bits per heavy atom. The van der Waals surface area contributed by atoms with Crippen molar-refractivity contribution >= 4 is 5.91 Å². The minimum absolute atomic E-state index is 0.0579. The van der Waals surface area contributed by atoms with Gasteiger partial charge in [-0.2, -0.15) is 0 Å². The monoisotopic (exact) mass is 138 g/mol. The number of nitrogens with zero attached hydrogens (tertiary/aromatic N) is 2. The van der Waals surface area contributed by atoms with Gasteiger partial charge >= 0.3 is 0 Å². The summed E-state index contributed by atoms with van der Waals surface area (Å²) in [7, 11) is 0. The first kappa shape index (κ1) is 5.46. The van der Waals surface area contributed by atoms with Gasteiger partial charge in [0.15, 0.2) is 6.39 Å². The van der Waals surface area contributed by atoms with E-state index >= 15 is 0 Å². The number of oxazole rings is 1. The van der Waals surface area contributed by atoms with E-state index in [0.29, 0.717) is 5.76 Å². The van der Waals surface area contributed by atoms with Crippen LogP contribution >= 0.6 is 0 Å². The SMILES string of the molecule is O=C(c1cnco1)N1CC1. The molecule has 0 saturated carbocycles. The van der Waals surface area contributed by atoms with Crippen LogP contribution in [0.2, 0.25) is 0 Å². The van der Waals surface area contributed by atoms with Gasteiger partial charge in [0.25, 0.3) is 5.91 Å². The van der Waals surface area contributed by atoms with Crippen LogP contribution in [0.15, 0.2) is 17.0 Å². The molecular formula is C6H6N2O2. The van der Waals surface area contributed by atoms with E-state index in [-0.39, 0.29) is 5.91 Å². The first-order chi connectivity index (χ1) is 4.88. The Bertz CT molecular complexity index is 238. The topological polar surface area (TPSA) is 46.1 Å². The maximum absolute atomic E-state index is 11.1. The van der Waals surface area contributed by atoms with Crippen LogP contribution < -0.4 is 0 Å². The zero-order chi connectivity index (χ0) is 6.97. The van der Waals surface area contributed by atoms with Crippen molar-refractivity contribution in [3.63, 3.8) is 0 Å². The molecule has 1 aromatic heterocycles. The molecule has 0 aliphatic carbocycles. The van der Waals surface area contributed by atoms with Gasteiger partial charge in [-0.15, -0.1) is 0 Å². The Kier molecular flexibility index (Phi) is 1.00. The number of carbonyl (C=O) groups is 1. The summed E-state index contributed by atoms with van der Waals surface area (Å²) < 4.78 is 4.79. The van der Waals surface area contributed by atoms with E-state index in [1.54, 1.807) is 4.90 Å². The van der Waals surface area contributed by atoms with E-state index < -0.39 is 0 Å². The Hall–Kier alpha value is -1.32. The lowest BCUT2D eigenvalue weighted by atomic mass is 10.5. The van der Waals surface area contributed by atoms with E-state index in [9.17, 15) is 4.79 Å². The van der Waals surface area contributed by atoms with Crippen LogP contribution in [0.5, 0.6) is 0 Å². The highest BCUT2D eigenvalue weighted by Gasteiger charge is 2.27. The van der Waals surface area contributed by atoms with E-state index in [2.05, 4.69) is 4.98 Å². The fourth-order valence-corrected chi connectivity index (χ4v) is 0.730. The van der Waals surface area contributed by atoms with Gasteiger partial charge in [0, 0.05) is 13.1 Å². The summed E-state index contributed by atoms with van der Waals surface area (Å²) in [5.41, 5.74) is 0. The van der Waals surface area contributed by atoms with Crippen molar-refractivity contribution in [2.24, 2.45) is 0 Å². The lowest BCUT2D eigenvalue weighted by Crippen LogP contribution is -2.08. The molecule has 0 radical (unpaired) electrons. The van der Waals surface area contributed by atoms with Crippen molar-refractivity contribution in [3.8, 4) is 0 Å². The molecule has 4 heteroatoms. The Morgan fingerprint density at radius 2 is 2.50 bits per heavy atom. The smallest absolute Gasteiger partial charge is 0.291 e. The van der Waals surface area contributed by atoms with Gasteiger partial charge < -0.3 is 9.32 Å². The normalized spacial score (nSPS) is 15.4. The molecule has 0 N–H and O–H groups in total. The molecule has 0 atom stereocenters. The van der Waals surface area contributed by atoms with Gasteiger partial charge in [-0.3, -0.25) is 4.79 Å². The van der Waals surface area contributed by atoms with Crippen molar-refractivity contribution in [2.45, 2.75) is 0 Å². The van der Waals surface area contributed by atoms with Crippen LogP contribution in [0.4, 0.5) is 0 Å². The highest BCUT2D eigenvalue weighted by atomic mass is 16.3. The molecule has 2 rings (SSSR count). The number of rotatable bonds is 1. The average Bonchev–Trinajstić information content (AvgIpc) is 2.65. The van der Waals surface area contributed by atoms with Gasteiger partial charge in [0.2, 0.25) is 5.76 Å². The third kappa shape index (κ3) is 0.775. The van der Waals surface area contributed by atoms with Crippen LogP contribution in [-0.2, 0) is 0 Å². The first-order valence-corrected chi connectivity index (χ1v) is 3.06. The number of amides is 1. The second kappa shape index (κ2) is 1.83. The molecule has 1 amide bonds. The molecule has 4 nitrogen and oxygen atoms in total. The zero-order valence-electron chi connectivity index (χ0n) is 5.28. The minimum atomic E-state index is -0.0579. The molecule has 1 fully saturated rings. The molecule has 1 saturated heterocycles. The maximum atomic E-state index is 11.1. The van der Waals surface area contributed by atoms with Crippen LogP contribution in [0.3, 0.4) is 0 Å². The van der Waals surface area contributed by atoms with E-state index in [1.807, 2.05) is 0 Å². The quantitative estimate of drug-likeness (QED) is 0.518. The Balaban J connectivity index is 2.19. The molecule has 52 valence electrons. The molecule has 1 aromatic rings. The van der Waals surface area contributed by atoms with Crippen LogP contribution in [0.25, 0.3) is 0 Å². The second-order valence-corrected chi connectivity index (χ2v) is 2.16. The van der Waals surface area contributed by atoms with E-state index in [1.165, 1.54) is 12.6 Å². The summed E-state index contributed by atoms with van der Waals surface area (Å²) in [6.45, 7) is 1.69. The predicted molar refractivity (Wildman–Crippen MR) is 32.4 cm³/mol. The molecule has 2 heterocycles. The third-order valence-electron chi connectivity index (χ3n) is 1.38. The lowest BCUT2D eigenvalue weighted by molar-refractivity contribution is 0.0856. The van der Waals surface area contributed by atoms with Gasteiger partial charge in [0.1, 0.15) is 0 Å². The van der Waals surface area contributed by atoms with Crippen molar-refractivity contribution in [2.75, 3.05) is 13.1 Å². The molecule has 1 aliphatic heterocycles. The Labute approximate surface area is 57.5 Å². The van der Waals surface area contributed by atoms with E-state index in [4.69, 9.17) is 4.42 Å². The molecule has 0 bridgehead atoms. The summed E-state index contributed by atoms with van der Waals surface area (Å²) in [5.74, 6) is 0.273. The maximum Gasteiger partial charge on any atom is 0.291 e. The number of carbonyl (C=O) groups excluding carboxylic acids is 1. The minimum Gasteiger partial charge on any atom is -0.438 e. The molecule has 0 aromatic carbocycles. The Morgan fingerprint density at radius 1 is 1.70 bits per heavy atom. The van der Waals surface area contributed by atoms with Gasteiger partial charge in [-0.25, -0.2) is 4.98 Å². The van der Waals surface area contributed by atoms with Gasteiger partial charge in [-0.05, 0) is 0 Å². The van der Waals surface area contributed by atoms with Crippen LogP contribution in [-0.4, -0.2) is 28.9 Å². The molecule has 1 aliphatic rings. The fraction of sp³-hybridized carbons (Fsp3) is 0.333.